The molecule has 0 aliphatic heterocycles. The van der Waals surface area contributed by atoms with Gasteiger partial charge in [0.05, 0.1) is 0 Å². The van der Waals surface area contributed by atoms with E-state index in [0.29, 0.717) is 5.82 Å². The van der Waals surface area contributed by atoms with Crippen LogP contribution in [0.3, 0.4) is 0 Å². The number of halogens is 1. The van der Waals surface area contributed by atoms with Gasteiger partial charge in [0.15, 0.2) is 0 Å². The smallest absolute Gasteiger partial charge is 0.384 e. The van der Waals surface area contributed by atoms with Crippen molar-refractivity contribution < 1.29 is 1.43 Å². The van der Waals surface area contributed by atoms with E-state index in [1.54, 1.807) is 6.07 Å². The molecule has 0 saturated heterocycles. The molecular formula is C6H10BrN4+. The monoisotopic (exact) mass is 217 g/mol. The van der Waals surface area contributed by atoms with Crippen molar-refractivity contribution in [1.82, 2.24) is 9.97 Å². The Hall–Kier alpha value is -0.840. The number of rotatable bonds is 2. The topological polar surface area (TPSA) is 77.8 Å². The first-order chi connectivity index (χ1) is 5.22. The lowest BCUT2D eigenvalue weighted by molar-refractivity contribution is 1.03. The Kier molecular flexibility index (Phi) is 2.64. The summed E-state index contributed by atoms with van der Waals surface area (Å²) in [5, 5.41) is 0.850. The molecule has 0 saturated carbocycles. The third kappa shape index (κ3) is 2.34. The van der Waals surface area contributed by atoms with E-state index in [-0.39, 0.29) is 7.37 Å². The molecule has 0 bridgehead atoms. The predicted octanol–water partition coefficient (Wildman–Crippen LogP) is 0.691. The van der Waals surface area contributed by atoms with Crippen molar-refractivity contribution in [1.29, 1.82) is 0 Å². The van der Waals surface area contributed by atoms with Crippen molar-refractivity contribution in [2.75, 3.05) is 16.8 Å². The molecule has 0 aromatic carbocycles. The second kappa shape index (κ2) is 3.52. The standard InChI is InChI=1S/C6H9BrN4/c7-2-1-4-3-5(8)11-6(9)10-4/h3H,1-2H2,(H4,8,9,10,11)/p+1. The van der Waals surface area contributed by atoms with Gasteiger partial charge in [0.25, 0.3) is 0 Å². The van der Waals surface area contributed by atoms with Gasteiger partial charge in [-0.3, -0.25) is 0 Å². The molecule has 0 amide bonds. The predicted molar refractivity (Wildman–Crippen MR) is 49.5 cm³/mol. The van der Waals surface area contributed by atoms with Crippen molar-refractivity contribution in [2.45, 2.75) is 6.42 Å². The van der Waals surface area contributed by atoms with E-state index >= 15 is 0 Å². The number of hydrogen-bond acceptors (Lipinski definition) is 4. The summed E-state index contributed by atoms with van der Waals surface area (Å²) in [5.41, 5.74) is 11.7. The molecule has 60 valence electrons. The maximum atomic E-state index is 5.44. The van der Waals surface area contributed by atoms with Crippen LogP contribution in [0.1, 0.15) is 7.12 Å². The van der Waals surface area contributed by atoms with Gasteiger partial charge in [-0.15, -0.1) is 0 Å². The molecule has 4 nitrogen and oxygen atoms in total. The quantitative estimate of drug-likeness (QED) is 0.716. The first-order valence-electron chi connectivity index (χ1n) is 3.17. The van der Waals surface area contributed by atoms with E-state index in [1.807, 2.05) is 0 Å². The zero-order chi connectivity index (χ0) is 8.27. The summed E-state index contributed by atoms with van der Waals surface area (Å²) >= 11 is 3.29. The second-order valence-corrected chi connectivity index (χ2v) is 2.87. The molecule has 1 heterocycles. The normalized spacial score (nSPS) is 9.91. The van der Waals surface area contributed by atoms with Crippen LogP contribution in [0.15, 0.2) is 6.07 Å². The highest BCUT2D eigenvalue weighted by Gasteiger charge is 1.97. The lowest BCUT2D eigenvalue weighted by Gasteiger charge is -1.99. The van der Waals surface area contributed by atoms with Crippen LogP contribution in [0, 0.1) is 0 Å². The maximum Gasteiger partial charge on any atom is 1.00 e. The summed E-state index contributed by atoms with van der Waals surface area (Å²) in [5.74, 6) is 0.661. The Morgan fingerprint density at radius 2 is 2.18 bits per heavy atom. The summed E-state index contributed by atoms with van der Waals surface area (Å²) in [6.07, 6.45) is 0.816. The molecule has 5 heteroatoms. The summed E-state index contributed by atoms with van der Waals surface area (Å²) in [6, 6.07) is 1.72. The van der Waals surface area contributed by atoms with Crippen LogP contribution in [0.5, 0.6) is 0 Å². The van der Waals surface area contributed by atoms with Crippen molar-refractivity contribution >= 4 is 27.7 Å². The van der Waals surface area contributed by atoms with E-state index in [4.69, 9.17) is 11.5 Å². The lowest BCUT2D eigenvalue weighted by Crippen LogP contribution is -2.02. The molecule has 0 aliphatic rings. The van der Waals surface area contributed by atoms with Gasteiger partial charge >= 0.3 is 1.43 Å². The third-order valence-corrected chi connectivity index (χ3v) is 1.56. The van der Waals surface area contributed by atoms with Crippen LogP contribution in [0.25, 0.3) is 0 Å². The Balaban J connectivity index is 0.00000121. The van der Waals surface area contributed by atoms with Gasteiger partial charge in [-0.2, -0.15) is 4.98 Å². The fourth-order valence-corrected chi connectivity index (χ4v) is 1.17. The van der Waals surface area contributed by atoms with Gasteiger partial charge in [-0.25, -0.2) is 4.98 Å². The van der Waals surface area contributed by atoms with Crippen LogP contribution in [0.4, 0.5) is 11.8 Å². The van der Waals surface area contributed by atoms with Crippen LogP contribution >= 0.6 is 15.9 Å². The average molecular weight is 218 g/mol. The highest BCUT2D eigenvalue weighted by molar-refractivity contribution is 9.09. The van der Waals surface area contributed by atoms with Gasteiger partial charge in [0, 0.05) is 17.1 Å². The molecule has 0 fully saturated rings. The van der Waals surface area contributed by atoms with Crippen LogP contribution in [-0.4, -0.2) is 15.3 Å². The van der Waals surface area contributed by atoms with E-state index in [0.717, 1.165) is 17.4 Å². The fourth-order valence-electron chi connectivity index (χ4n) is 0.765. The maximum absolute atomic E-state index is 5.44. The number of nitrogens with zero attached hydrogens (tertiary/aromatic N) is 2. The number of nitrogens with two attached hydrogens (primary N) is 2. The molecule has 0 unspecified atom stereocenters. The molecule has 0 aliphatic carbocycles. The number of aromatic nitrogens is 2. The Morgan fingerprint density at radius 1 is 1.45 bits per heavy atom. The Morgan fingerprint density at radius 3 is 2.73 bits per heavy atom. The van der Waals surface area contributed by atoms with Crippen molar-refractivity contribution in [2.24, 2.45) is 0 Å². The number of alkyl halides is 1. The van der Waals surface area contributed by atoms with Crippen LogP contribution in [-0.2, 0) is 6.42 Å². The number of nitrogen functional groups attached to an aromatic ring is 2. The lowest BCUT2D eigenvalue weighted by atomic mass is 10.3. The first-order valence-corrected chi connectivity index (χ1v) is 4.29. The Bertz CT molecular complexity index is 235. The fraction of sp³-hybridized carbons (Fsp3) is 0.333. The van der Waals surface area contributed by atoms with E-state index in [2.05, 4.69) is 25.9 Å². The molecule has 1 aromatic heterocycles. The number of aryl methyl sites for hydroxylation is 1. The van der Waals surface area contributed by atoms with Crippen molar-refractivity contribution in [3.8, 4) is 0 Å². The molecule has 1 rings (SSSR count). The van der Waals surface area contributed by atoms with Gasteiger partial charge in [0.2, 0.25) is 5.95 Å². The number of anilines is 2. The average Bonchev–Trinajstić information content (AvgIpc) is 1.85. The summed E-state index contributed by atoms with van der Waals surface area (Å²) in [4.78, 5) is 7.73. The summed E-state index contributed by atoms with van der Waals surface area (Å²) in [6.45, 7) is 0. The Labute approximate surface area is 74.6 Å². The molecular weight excluding hydrogens is 208 g/mol. The highest BCUT2D eigenvalue weighted by atomic mass is 79.9. The molecule has 0 atom stereocenters. The van der Waals surface area contributed by atoms with Gasteiger partial charge in [-0.05, 0) is 6.42 Å². The number of hydrogen-bond donors (Lipinski definition) is 2. The largest absolute Gasteiger partial charge is 1.00 e. The SMILES string of the molecule is Nc1cc(CCBr)nc(N)n1.[H+]. The van der Waals surface area contributed by atoms with Crippen molar-refractivity contribution in [3.63, 3.8) is 0 Å². The molecule has 11 heavy (non-hydrogen) atoms. The van der Waals surface area contributed by atoms with E-state index < -0.39 is 0 Å². The third-order valence-electron chi connectivity index (χ3n) is 1.17. The van der Waals surface area contributed by atoms with Gasteiger partial charge in [-0.1, -0.05) is 15.9 Å². The minimum atomic E-state index is 0. The second-order valence-electron chi connectivity index (χ2n) is 2.08. The zero-order valence-electron chi connectivity index (χ0n) is 6.92. The molecule has 0 spiro atoms. The van der Waals surface area contributed by atoms with Crippen molar-refractivity contribution in [3.05, 3.63) is 11.8 Å². The summed E-state index contributed by atoms with van der Waals surface area (Å²) in [7, 11) is 0. The molecule has 1 aromatic rings. The van der Waals surface area contributed by atoms with E-state index in [9.17, 15) is 0 Å². The van der Waals surface area contributed by atoms with Gasteiger partial charge < -0.3 is 11.5 Å². The van der Waals surface area contributed by atoms with Gasteiger partial charge in [0.1, 0.15) is 5.82 Å². The van der Waals surface area contributed by atoms with Crippen LogP contribution in [0.2, 0.25) is 0 Å². The summed E-state index contributed by atoms with van der Waals surface area (Å²) < 4.78 is 0. The van der Waals surface area contributed by atoms with Crippen LogP contribution < -0.4 is 11.5 Å². The minimum Gasteiger partial charge on any atom is -0.384 e. The molecule has 0 radical (unpaired) electrons. The molecule has 4 N–H and O–H groups in total. The highest BCUT2D eigenvalue weighted by Crippen LogP contribution is 2.05. The van der Waals surface area contributed by atoms with E-state index in [1.165, 1.54) is 0 Å². The minimum absolute atomic E-state index is 0. The first kappa shape index (κ1) is 8.26. The zero-order valence-corrected chi connectivity index (χ0v) is 7.50.